The van der Waals surface area contributed by atoms with Crippen molar-refractivity contribution in [2.75, 3.05) is 27.2 Å². The van der Waals surface area contributed by atoms with Gasteiger partial charge in [-0.05, 0) is 14.1 Å². The molecule has 8 heteroatoms. The topological polar surface area (TPSA) is 110 Å². The first kappa shape index (κ1) is 15.0. The Morgan fingerprint density at radius 2 is 2.26 bits per heavy atom. The van der Waals surface area contributed by atoms with E-state index in [0.717, 1.165) is 0 Å². The van der Waals surface area contributed by atoms with Crippen LogP contribution in [0.15, 0.2) is 12.5 Å². The van der Waals surface area contributed by atoms with Crippen molar-refractivity contribution in [3.8, 4) is 0 Å². The molecule has 1 aromatic rings. The highest BCUT2D eigenvalue weighted by Gasteiger charge is 2.20. The van der Waals surface area contributed by atoms with E-state index >= 15 is 0 Å². The number of nitrogens with one attached hydrogen (secondary N) is 3. The first-order valence-corrected chi connectivity index (χ1v) is 5.88. The second-order valence-electron chi connectivity index (χ2n) is 4.38. The number of likely N-dealkylation sites (N-methyl/N-ethyl adjacent to an activating group) is 1. The summed E-state index contributed by atoms with van der Waals surface area (Å²) in [5.74, 6) is -1.09. The van der Waals surface area contributed by atoms with Crippen LogP contribution in [0, 0.1) is 0 Å². The van der Waals surface area contributed by atoms with E-state index in [1.54, 1.807) is 0 Å². The van der Waals surface area contributed by atoms with Gasteiger partial charge in [0.05, 0.1) is 6.33 Å². The average Bonchev–Trinajstić information content (AvgIpc) is 2.80. The van der Waals surface area contributed by atoms with Crippen LogP contribution in [-0.4, -0.2) is 65.2 Å². The van der Waals surface area contributed by atoms with Gasteiger partial charge in [-0.1, -0.05) is 0 Å². The molecular formula is C11H19N5O3. The average molecular weight is 269 g/mol. The number of carboxylic acids is 1. The van der Waals surface area contributed by atoms with E-state index in [2.05, 4.69) is 20.6 Å². The van der Waals surface area contributed by atoms with E-state index in [1.165, 1.54) is 12.5 Å². The van der Waals surface area contributed by atoms with Gasteiger partial charge in [0.1, 0.15) is 6.04 Å². The molecule has 1 rings (SSSR count). The predicted octanol–water partition coefficient (Wildman–Crippen LogP) is -0.734. The third-order valence-electron chi connectivity index (χ3n) is 2.43. The van der Waals surface area contributed by atoms with Crippen LogP contribution in [-0.2, 0) is 11.2 Å². The smallest absolute Gasteiger partial charge is 0.326 e. The van der Waals surface area contributed by atoms with Gasteiger partial charge < -0.3 is 25.6 Å². The molecule has 0 aromatic carbocycles. The Balaban J connectivity index is 2.40. The molecule has 0 unspecified atom stereocenters. The molecule has 1 heterocycles. The number of carbonyl (C=O) groups is 2. The molecule has 0 aliphatic rings. The Hall–Kier alpha value is -2.09. The fourth-order valence-electron chi connectivity index (χ4n) is 1.42. The van der Waals surface area contributed by atoms with Crippen LogP contribution in [0.2, 0.25) is 0 Å². The maximum Gasteiger partial charge on any atom is 0.326 e. The van der Waals surface area contributed by atoms with Crippen LogP contribution in [0.1, 0.15) is 5.69 Å². The maximum atomic E-state index is 11.5. The Labute approximate surface area is 111 Å². The predicted molar refractivity (Wildman–Crippen MR) is 68.8 cm³/mol. The van der Waals surface area contributed by atoms with Crippen LogP contribution >= 0.6 is 0 Å². The van der Waals surface area contributed by atoms with E-state index in [4.69, 9.17) is 5.11 Å². The Kier molecular flexibility index (Phi) is 5.80. The van der Waals surface area contributed by atoms with Gasteiger partial charge in [0.25, 0.3) is 0 Å². The number of urea groups is 1. The van der Waals surface area contributed by atoms with E-state index < -0.39 is 18.0 Å². The van der Waals surface area contributed by atoms with Crippen molar-refractivity contribution in [1.29, 1.82) is 0 Å². The van der Waals surface area contributed by atoms with Crippen molar-refractivity contribution >= 4 is 12.0 Å². The summed E-state index contributed by atoms with van der Waals surface area (Å²) in [6.45, 7) is 1.14. The van der Waals surface area contributed by atoms with Crippen LogP contribution in [0.3, 0.4) is 0 Å². The van der Waals surface area contributed by atoms with Gasteiger partial charge in [0.15, 0.2) is 0 Å². The summed E-state index contributed by atoms with van der Waals surface area (Å²) in [6.07, 6.45) is 3.16. The van der Waals surface area contributed by atoms with Crippen molar-refractivity contribution < 1.29 is 14.7 Å². The number of aliphatic carboxylic acids is 1. The van der Waals surface area contributed by atoms with E-state index in [9.17, 15) is 9.59 Å². The van der Waals surface area contributed by atoms with Crippen LogP contribution in [0.5, 0.6) is 0 Å². The molecule has 0 saturated carbocycles. The number of H-pyrrole nitrogens is 1. The summed E-state index contributed by atoms with van der Waals surface area (Å²) >= 11 is 0. The lowest BCUT2D eigenvalue weighted by Gasteiger charge is -2.15. The summed E-state index contributed by atoms with van der Waals surface area (Å²) in [4.78, 5) is 31.1. The number of aromatic amines is 1. The van der Waals surface area contributed by atoms with Crippen molar-refractivity contribution in [3.63, 3.8) is 0 Å². The molecule has 8 nitrogen and oxygen atoms in total. The number of carbonyl (C=O) groups excluding carboxylic acids is 1. The van der Waals surface area contributed by atoms with Crippen LogP contribution < -0.4 is 10.6 Å². The van der Waals surface area contributed by atoms with Crippen molar-refractivity contribution in [3.05, 3.63) is 18.2 Å². The summed E-state index contributed by atoms with van der Waals surface area (Å²) in [5, 5.41) is 14.1. The number of aromatic nitrogens is 2. The van der Waals surface area contributed by atoms with Gasteiger partial charge in [0, 0.05) is 31.4 Å². The number of nitrogens with zero attached hydrogens (tertiary/aromatic N) is 2. The van der Waals surface area contributed by atoms with Gasteiger partial charge in [-0.25, -0.2) is 14.6 Å². The summed E-state index contributed by atoms with van der Waals surface area (Å²) in [5.41, 5.74) is 0.654. The number of hydrogen-bond donors (Lipinski definition) is 4. The maximum absolute atomic E-state index is 11.5. The molecule has 106 valence electrons. The molecular weight excluding hydrogens is 250 g/mol. The van der Waals surface area contributed by atoms with Crippen LogP contribution in [0.25, 0.3) is 0 Å². The van der Waals surface area contributed by atoms with Crippen molar-refractivity contribution in [1.82, 2.24) is 25.5 Å². The van der Waals surface area contributed by atoms with E-state index in [1.807, 2.05) is 19.0 Å². The zero-order valence-electron chi connectivity index (χ0n) is 11.0. The lowest BCUT2D eigenvalue weighted by atomic mass is 10.2. The standard InChI is InChI=1S/C11H19N5O3/c1-16(2)4-3-13-11(19)15-9(10(17)18)5-8-6-12-7-14-8/h6-7,9H,3-5H2,1-2H3,(H,12,14)(H,17,18)(H2,13,15,19)/t9-/m1/s1. The minimum absolute atomic E-state index is 0.163. The fourth-order valence-corrected chi connectivity index (χ4v) is 1.42. The summed E-state index contributed by atoms with van der Waals surface area (Å²) in [7, 11) is 3.77. The molecule has 1 atom stereocenters. The van der Waals surface area contributed by atoms with E-state index in [0.29, 0.717) is 18.8 Å². The largest absolute Gasteiger partial charge is 0.480 e. The Bertz CT molecular complexity index is 404. The molecule has 19 heavy (non-hydrogen) atoms. The number of carboxylic acid groups (broad SMARTS) is 1. The molecule has 4 N–H and O–H groups in total. The Morgan fingerprint density at radius 1 is 1.53 bits per heavy atom. The molecule has 0 spiro atoms. The zero-order chi connectivity index (χ0) is 14.3. The van der Waals surface area contributed by atoms with E-state index in [-0.39, 0.29) is 6.42 Å². The number of amides is 2. The lowest BCUT2D eigenvalue weighted by Crippen LogP contribution is -2.48. The highest BCUT2D eigenvalue weighted by Crippen LogP contribution is 1.98. The fraction of sp³-hybridized carbons (Fsp3) is 0.545. The Morgan fingerprint density at radius 3 is 2.79 bits per heavy atom. The van der Waals surface area contributed by atoms with Gasteiger partial charge in [-0.15, -0.1) is 0 Å². The molecule has 0 aliphatic carbocycles. The molecule has 0 aliphatic heterocycles. The van der Waals surface area contributed by atoms with Crippen LogP contribution in [0.4, 0.5) is 4.79 Å². The second-order valence-corrected chi connectivity index (χ2v) is 4.38. The highest BCUT2D eigenvalue weighted by molar-refractivity contribution is 5.82. The SMILES string of the molecule is CN(C)CCNC(=O)N[C@H](Cc1cnc[nH]1)C(=O)O. The molecule has 0 bridgehead atoms. The lowest BCUT2D eigenvalue weighted by molar-refractivity contribution is -0.139. The first-order chi connectivity index (χ1) is 8.99. The molecule has 1 aromatic heterocycles. The van der Waals surface area contributed by atoms with Gasteiger partial charge >= 0.3 is 12.0 Å². The van der Waals surface area contributed by atoms with Gasteiger partial charge in [-0.2, -0.15) is 0 Å². The molecule has 0 fully saturated rings. The third kappa shape index (κ3) is 5.87. The number of rotatable bonds is 7. The minimum atomic E-state index is -1.09. The normalized spacial score (nSPS) is 12.2. The first-order valence-electron chi connectivity index (χ1n) is 5.88. The number of imidazole rings is 1. The van der Waals surface area contributed by atoms with Crippen molar-refractivity contribution in [2.24, 2.45) is 0 Å². The monoisotopic (exact) mass is 269 g/mol. The zero-order valence-corrected chi connectivity index (χ0v) is 11.0. The summed E-state index contributed by atoms with van der Waals surface area (Å²) < 4.78 is 0. The third-order valence-corrected chi connectivity index (χ3v) is 2.43. The summed E-state index contributed by atoms with van der Waals surface area (Å²) in [6, 6.07) is -1.48. The minimum Gasteiger partial charge on any atom is -0.480 e. The van der Waals surface area contributed by atoms with Crippen molar-refractivity contribution in [2.45, 2.75) is 12.5 Å². The molecule has 0 saturated heterocycles. The number of hydrogen-bond acceptors (Lipinski definition) is 4. The van der Waals surface area contributed by atoms with Gasteiger partial charge in [0.2, 0.25) is 0 Å². The second kappa shape index (κ2) is 7.37. The highest BCUT2D eigenvalue weighted by atomic mass is 16.4. The molecule has 0 radical (unpaired) electrons. The van der Waals surface area contributed by atoms with Gasteiger partial charge in [-0.3, -0.25) is 0 Å². The quantitative estimate of drug-likeness (QED) is 0.521. The molecule has 2 amide bonds.